The van der Waals surface area contributed by atoms with Crippen LogP contribution in [0.1, 0.15) is 11.1 Å². The monoisotopic (exact) mass is 539 g/mol. The summed E-state index contributed by atoms with van der Waals surface area (Å²) in [6.07, 6.45) is 0.153. The van der Waals surface area contributed by atoms with Crippen LogP contribution < -0.4 is 24.4 Å². The maximum absolute atomic E-state index is 12.9. The lowest BCUT2D eigenvalue weighted by atomic mass is 9.99. The molecule has 0 spiro atoms. The predicted molar refractivity (Wildman–Crippen MR) is 143 cm³/mol. The molecule has 5 rings (SSSR count). The number of halogens is 2. The van der Waals surface area contributed by atoms with Gasteiger partial charge >= 0.3 is 0 Å². The van der Waals surface area contributed by atoms with Gasteiger partial charge < -0.3 is 29.0 Å². The average molecular weight is 540 g/mol. The molecule has 10 heteroatoms. The fourth-order valence-electron chi connectivity index (χ4n) is 4.45. The predicted octanol–water partition coefficient (Wildman–Crippen LogP) is 6.51. The molecule has 0 aliphatic carbocycles. The summed E-state index contributed by atoms with van der Waals surface area (Å²) in [6, 6.07) is 16.8. The minimum Gasteiger partial charge on any atom is -0.493 e. The highest BCUT2D eigenvalue weighted by Crippen LogP contribution is 2.47. The van der Waals surface area contributed by atoms with E-state index in [2.05, 4.69) is 15.4 Å². The normalized spacial score (nSPS) is 12.0. The van der Waals surface area contributed by atoms with Gasteiger partial charge in [-0.05, 0) is 41.4 Å². The lowest BCUT2D eigenvalue weighted by Crippen LogP contribution is -2.22. The molecule has 0 radical (unpaired) electrons. The standard InChI is InChI=1S/C27H23Cl2N3O5/c1-34-21-12-16(13-22(35-2)26(21)36-3)30-23(33)11-15-6-4-7-17(10-15)32-14-18-25(31-37-27(18)29)24-19(28)8-5-9-20(24)32/h4-10,12-13H,11,14H2,1-3H3,(H,30,33). The molecule has 1 aromatic heterocycles. The number of ether oxygens (including phenoxy) is 3. The molecule has 1 N–H and O–H groups in total. The first-order valence-electron chi connectivity index (χ1n) is 11.3. The first-order valence-corrected chi connectivity index (χ1v) is 12.1. The zero-order chi connectivity index (χ0) is 26.1. The van der Waals surface area contributed by atoms with Crippen molar-refractivity contribution in [2.75, 3.05) is 31.5 Å². The fraction of sp³-hybridized carbons (Fsp3) is 0.185. The summed E-state index contributed by atoms with van der Waals surface area (Å²) in [6.45, 7) is 0.450. The molecule has 3 aromatic carbocycles. The molecule has 1 amide bonds. The number of rotatable bonds is 7. The van der Waals surface area contributed by atoms with Crippen LogP contribution in [0.15, 0.2) is 59.1 Å². The van der Waals surface area contributed by atoms with Crippen molar-refractivity contribution in [3.63, 3.8) is 0 Å². The third-order valence-electron chi connectivity index (χ3n) is 6.11. The van der Waals surface area contributed by atoms with Gasteiger partial charge in [0.15, 0.2) is 11.5 Å². The highest BCUT2D eigenvalue weighted by Gasteiger charge is 2.30. The van der Waals surface area contributed by atoms with Crippen LogP contribution in [0.3, 0.4) is 0 Å². The molecule has 0 saturated carbocycles. The van der Waals surface area contributed by atoms with Crippen molar-refractivity contribution in [1.29, 1.82) is 0 Å². The molecule has 1 aliphatic rings. The van der Waals surface area contributed by atoms with Crippen molar-refractivity contribution in [3.8, 4) is 28.5 Å². The van der Waals surface area contributed by atoms with Gasteiger partial charge in [0, 0.05) is 29.1 Å². The van der Waals surface area contributed by atoms with Crippen LogP contribution in [0.2, 0.25) is 10.2 Å². The molecule has 4 aromatic rings. The van der Waals surface area contributed by atoms with E-state index in [4.69, 9.17) is 41.9 Å². The van der Waals surface area contributed by atoms with Gasteiger partial charge in [-0.15, -0.1) is 0 Å². The van der Waals surface area contributed by atoms with Crippen LogP contribution in [0.25, 0.3) is 11.3 Å². The Labute approximate surface area is 223 Å². The second-order valence-corrected chi connectivity index (χ2v) is 9.06. The average Bonchev–Trinajstić information content (AvgIpc) is 3.27. The molecule has 37 heavy (non-hydrogen) atoms. The summed E-state index contributed by atoms with van der Waals surface area (Å²) in [7, 11) is 4.57. The lowest BCUT2D eigenvalue weighted by Gasteiger charge is -2.31. The Hall–Kier alpha value is -3.88. The molecule has 0 bridgehead atoms. The van der Waals surface area contributed by atoms with E-state index in [9.17, 15) is 4.79 Å². The van der Waals surface area contributed by atoms with Crippen molar-refractivity contribution in [3.05, 3.63) is 76.0 Å². The maximum atomic E-state index is 12.9. The second kappa shape index (κ2) is 10.2. The van der Waals surface area contributed by atoms with Gasteiger partial charge in [-0.25, -0.2) is 0 Å². The van der Waals surface area contributed by atoms with Gasteiger partial charge in [-0.3, -0.25) is 4.79 Å². The zero-order valence-corrected chi connectivity index (χ0v) is 21.8. The number of hydrogen-bond acceptors (Lipinski definition) is 7. The summed E-state index contributed by atoms with van der Waals surface area (Å²) in [5.74, 6) is 1.16. The molecule has 0 fully saturated rings. The van der Waals surface area contributed by atoms with Gasteiger partial charge in [0.1, 0.15) is 5.69 Å². The number of fused-ring (bicyclic) bond motifs is 3. The van der Waals surface area contributed by atoms with Gasteiger partial charge in [0.2, 0.25) is 16.9 Å². The highest BCUT2D eigenvalue weighted by atomic mass is 35.5. The van der Waals surface area contributed by atoms with Crippen LogP contribution in [-0.2, 0) is 17.8 Å². The van der Waals surface area contributed by atoms with Crippen molar-refractivity contribution < 1.29 is 23.5 Å². The maximum Gasteiger partial charge on any atom is 0.231 e. The van der Waals surface area contributed by atoms with Crippen LogP contribution in [-0.4, -0.2) is 32.4 Å². The fourth-order valence-corrected chi connectivity index (χ4v) is 4.89. The van der Waals surface area contributed by atoms with Gasteiger partial charge in [-0.1, -0.05) is 35.0 Å². The Morgan fingerprint density at radius 2 is 1.76 bits per heavy atom. The molecule has 8 nitrogen and oxygen atoms in total. The number of carbonyl (C=O) groups is 1. The highest BCUT2D eigenvalue weighted by molar-refractivity contribution is 6.34. The van der Waals surface area contributed by atoms with E-state index < -0.39 is 0 Å². The van der Waals surface area contributed by atoms with Gasteiger partial charge in [0.05, 0.1) is 50.6 Å². The number of hydrogen-bond donors (Lipinski definition) is 1. The molecular weight excluding hydrogens is 517 g/mol. The Balaban J connectivity index is 1.40. The first-order chi connectivity index (χ1) is 17.9. The number of aromatic nitrogens is 1. The largest absolute Gasteiger partial charge is 0.493 e. The van der Waals surface area contributed by atoms with Crippen LogP contribution in [0, 0.1) is 0 Å². The third kappa shape index (κ3) is 4.65. The molecule has 0 unspecified atom stereocenters. The summed E-state index contributed by atoms with van der Waals surface area (Å²) < 4.78 is 21.3. The third-order valence-corrected chi connectivity index (χ3v) is 6.72. The Kier molecular flexibility index (Phi) is 6.86. The smallest absolute Gasteiger partial charge is 0.231 e. The number of nitrogens with zero attached hydrogens (tertiary/aromatic N) is 2. The van der Waals surface area contributed by atoms with Crippen molar-refractivity contribution in [2.24, 2.45) is 0 Å². The van der Waals surface area contributed by atoms with E-state index in [1.807, 2.05) is 36.4 Å². The molecular formula is C27H23Cl2N3O5. The number of nitrogens with one attached hydrogen (secondary N) is 1. The number of methoxy groups -OCH3 is 3. The molecule has 190 valence electrons. The number of benzene rings is 3. The second-order valence-electron chi connectivity index (χ2n) is 8.31. The van der Waals surface area contributed by atoms with Gasteiger partial charge in [-0.2, -0.15) is 0 Å². The quantitative estimate of drug-likeness (QED) is 0.286. The molecule has 2 heterocycles. The molecule has 0 saturated heterocycles. The SMILES string of the molecule is COc1cc(NC(=O)Cc2cccc(N3Cc4c(noc4Cl)-c4c(Cl)cccc43)c2)cc(OC)c1OC. The summed E-state index contributed by atoms with van der Waals surface area (Å²) in [5.41, 5.74) is 5.27. The van der Waals surface area contributed by atoms with E-state index in [1.54, 1.807) is 18.2 Å². The Morgan fingerprint density at radius 1 is 1.03 bits per heavy atom. The Morgan fingerprint density at radius 3 is 2.46 bits per heavy atom. The number of amides is 1. The minimum absolute atomic E-state index is 0.153. The van der Waals surface area contributed by atoms with E-state index >= 15 is 0 Å². The lowest BCUT2D eigenvalue weighted by molar-refractivity contribution is -0.115. The number of carbonyl (C=O) groups excluding carboxylic acids is 1. The zero-order valence-electron chi connectivity index (χ0n) is 20.3. The van der Waals surface area contributed by atoms with E-state index in [0.717, 1.165) is 28.1 Å². The van der Waals surface area contributed by atoms with E-state index in [1.165, 1.54) is 21.3 Å². The van der Waals surface area contributed by atoms with Crippen molar-refractivity contribution in [2.45, 2.75) is 13.0 Å². The molecule has 1 aliphatic heterocycles. The van der Waals surface area contributed by atoms with E-state index in [-0.39, 0.29) is 17.5 Å². The topological polar surface area (TPSA) is 86.1 Å². The van der Waals surface area contributed by atoms with Crippen LogP contribution in [0.5, 0.6) is 17.2 Å². The Bertz CT molecular complexity index is 1460. The minimum atomic E-state index is -0.196. The van der Waals surface area contributed by atoms with Gasteiger partial charge in [0.25, 0.3) is 0 Å². The first kappa shape index (κ1) is 24.8. The van der Waals surface area contributed by atoms with Crippen LogP contribution in [0.4, 0.5) is 17.1 Å². The summed E-state index contributed by atoms with van der Waals surface area (Å²) in [4.78, 5) is 15.0. The van der Waals surface area contributed by atoms with Crippen molar-refractivity contribution in [1.82, 2.24) is 5.16 Å². The van der Waals surface area contributed by atoms with Crippen molar-refractivity contribution >= 4 is 46.2 Å². The van der Waals surface area contributed by atoms with E-state index in [0.29, 0.717) is 40.2 Å². The summed E-state index contributed by atoms with van der Waals surface area (Å²) in [5, 5.41) is 7.81. The van der Waals surface area contributed by atoms with Crippen LogP contribution >= 0.6 is 23.2 Å². The number of anilines is 3. The molecule has 0 atom stereocenters. The summed E-state index contributed by atoms with van der Waals surface area (Å²) >= 11 is 12.8.